The standard InChI is InChI=1S/C11H17ClFN3O2/c12-9-7(14)6-8(15)11(10(9)13)16-2-1-4-18-5-3-17/h6,16-17H,1-5,14-15H2. The molecule has 0 atom stereocenters. The van der Waals surface area contributed by atoms with Gasteiger partial charge in [-0.2, -0.15) is 0 Å². The van der Waals surface area contributed by atoms with Crippen molar-refractivity contribution >= 4 is 28.7 Å². The van der Waals surface area contributed by atoms with E-state index in [0.29, 0.717) is 26.2 Å². The summed E-state index contributed by atoms with van der Waals surface area (Å²) in [7, 11) is 0. The monoisotopic (exact) mass is 277 g/mol. The Bertz CT molecular complexity index is 404. The number of halogens is 2. The largest absolute Gasteiger partial charge is 0.397 e. The van der Waals surface area contributed by atoms with E-state index in [-0.39, 0.29) is 28.7 Å². The number of aliphatic hydroxyl groups is 1. The first kappa shape index (κ1) is 14.8. The minimum absolute atomic E-state index is 0.0113. The van der Waals surface area contributed by atoms with Crippen molar-refractivity contribution in [2.45, 2.75) is 6.42 Å². The number of nitrogen functional groups attached to an aromatic ring is 2. The van der Waals surface area contributed by atoms with Crippen LogP contribution in [0.5, 0.6) is 0 Å². The molecular weight excluding hydrogens is 261 g/mol. The van der Waals surface area contributed by atoms with Gasteiger partial charge in [0.25, 0.3) is 0 Å². The Hall–Kier alpha value is -1.24. The quantitative estimate of drug-likeness (QED) is 0.447. The third-order valence-corrected chi connectivity index (χ3v) is 2.65. The van der Waals surface area contributed by atoms with E-state index in [9.17, 15) is 4.39 Å². The molecule has 0 unspecified atom stereocenters. The van der Waals surface area contributed by atoms with E-state index in [0.717, 1.165) is 0 Å². The molecule has 102 valence electrons. The molecule has 18 heavy (non-hydrogen) atoms. The lowest BCUT2D eigenvalue weighted by molar-refractivity contribution is 0.0922. The first-order valence-electron chi connectivity index (χ1n) is 5.53. The molecule has 0 spiro atoms. The molecule has 1 rings (SSSR count). The molecule has 0 aliphatic carbocycles. The highest BCUT2D eigenvalue weighted by molar-refractivity contribution is 6.33. The van der Waals surface area contributed by atoms with Crippen LogP contribution in [0.25, 0.3) is 0 Å². The summed E-state index contributed by atoms with van der Waals surface area (Å²) < 4.78 is 18.8. The maximum atomic E-state index is 13.7. The van der Waals surface area contributed by atoms with Crippen molar-refractivity contribution in [1.29, 1.82) is 0 Å². The molecule has 0 bridgehead atoms. The number of nitrogens with two attached hydrogens (primary N) is 2. The summed E-state index contributed by atoms with van der Waals surface area (Å²) in [5.41, 5.74) is 11.6. The topological polar surface area (TPSA) is 93.5 Å². The molecule has 0 aromatic heterocycles. The fourth-order valence-corrected chi connectivity index (χ4v) is 1.55. The first-order chi connectivity index (χ1) is 8.57. The van der Waals surface area contributed by atoms with Crippen molar-refractivity contribution < 1.29 is 14.2 Å². The van der Waals surface area contributed by atoms with E-state index in [1.165, 1.54) is 6.07 Å². The maximum Gasteiger partial charge on any atom is 0.169 e. The van der Waals surface area contributed by atoms with E-state index in [1.54, 1.807) is 0 Å². The maximum absolute atomic E-state index is 13.7. The van der Waals surface area contributed by atoms with Crippen molar-refractivity contribution in [2.75, 3.05) is 43.1 Å². The summed E-state index contributed by atoms with van der Waals surface area (Å²) in [6.45, 7) is 1.23. The number of aliphatic hydroxyl groups excluding tert-OH is 1. The Morgan fingerprint density at radius 3 is 2.72 bits per heavy atom. The van der Waals surface area contributed by atoms with Crippen LogP contribution in [-0.4, -0.2) is 31.5 Å². The summed E-state index contributed by atoms with van der Waals surface area (Å²) in [6, 6.07) is 1.41. The normalized spacial score (nSPS) is 10.6. The van der Waals surface area contributed by atoms with Gasteiger partial charge in [0.2, 0.25) is 0 Å². The average molecular weight is 278 g/mol. The molecular formula is C11H17ClFN3O2. The van der Waals surface area contributed by atoms with E-state index in [4.69, 9.17) is 32.9 Å². The van der Waals surface area contributed by atoms with E-state index >= 15 is 0 Å². The van der Waals surface area contributed by atoms with Gasteiger partial charge in [-0.1, -0.05) is 11.6 Å². The van der Waals surface area contributed by atoms with Gasteiger partial charge < -0.3 is 26.6 Å². The van der Waals surface area contributed by atoms with Crippen LogP contribution in [0, 0.1) is 5.82 Å². The van der Waals surface area contributed by atoms with Crippen LogP contribution >= 0.6 is 11.6 Å². The molecule has 6 N–H and O–H groups in total. The Morgan fingerprint density at radius 2 is 2.06 bits per heavy atom. The van der Waals surface area contributed by atoms with Crippen molar-refractivity contribution in [1.82, 2.24) is 0 Å². The van der Waals surface area contributed by atoms with Crippen LogP contribution in [0.3, 0.4) is 0 Å². The summed E-state index contributed by atoms with van der Waals surface area (Å²) in [5, 5.41) is 11.2. The fraction of sp³-hybridized carbons (Fsp3) is 0.455. The molecule has 5 nitrogen and oxygen atoms in total. The lowest BCUT2D eigenvalue weighted by Gasteiger charge is -2.12. The highest BCUT2D eigenvalue weighted by atomic mass is 35.5. The van der Waals surface area contributed by atoms with Gasteiger partial charge in [-0.25, -0.2) is 4.39 Å². The van der Waals surface area contributed by atoms with Crippen molar-refractivity contribution in [3.63, 3.8) is 0 Å². The minimum Gasteiger partial charge on any atom is -0.397 e. The fourth-order valence-electron chi connectivity index (χ4n) is 1.40. The van der Waals surface area contributed by atoms with Crippen LogP contribution < -0.4 is 16.8 Å². The van der Waals surface area contributed by atoms with Crippen molar-refractivity contribution in [2.24, 2.45) is 0 Å². The third kappa shape index (κ3) is 3.90. The molecule has 0 fully saturated rings. The molecule has 0 radical (unpaired) electrons. The van der Waals surface area contributed by atoms with Gasteiger partial charge in [-0.05, 0) is 12.5 Å². The zero-order valence-corrected chi connectivity index (χ0v) is 10.6. The second kappa shape index (κ2) is 7.25. The van der Waals surface area contributed by atoms with Gasteiger partial charge in [0, 0.05) is 13.2 Å². The number of ether oxygens (including phenoxy) is 1. The minimum atomic E-state index is -0.648. The second-order valence-electron chi connectivity index (χ2n) is 3.67. The van der Waals surface area contributed by atoms with Crippen molar-refractivity contribution in [3.05, 3.63) is 16.9 Å². The molecule has 1 aromatic rings. The lowest BCUT2D eigenvalue weighted by Crippen LogP contribution is -2.10. The predicted octanol–water partition coefficient (Wildman–Crippen LogP) is 1.45. The Balaban J connectivity index is 2.50. The Labute approximate surface area is 110 Å². The molecule has 0 saturated heterocycles. The predicted molar refractivity (Wildman–Crippen MR) is 71.2 cm³/mol. The zero-order chi connectivity index (χ0) is 13.5. The van der Waals surface area contributed by atoms with Crippen LogP contribution in [0.1, 0.15) is 6.42 Å². The summed E-state index contributed by atoms with van der Waals surface area (Å²) in [5.74, 6) is -0.648. The van der Waals surface area contributed by atoms with E-state index in [1.807, 2.05) is 0 Å². The molecule has 0 heterocycles. The third-order valence-electron chi connectivity index (χ3n) is 2.27. The van der Waals surface area contributed by atoms with Crippen LogP contribution in [0.2, 0.25) is 5.02 Å². The van der Waals surface area contributed by atoms with Crippen molar-refractivity contribution in [3.8, 4) is 0 Å². The van der Waals surface area contributed by atoms with Gasteiger partial charge in [-0.3, -0.25) is 0 Å². The average Bonchev–Trinajstić information content (AvgIpc) is 2.34. The first-order valence-corrected chi connectivity index (χ1v) is 5.91. The number of hydrogen-bond donors (Lipinski definition) is 4. The summed E-state index contributed by atoms with van der Waals surface area (Å²) in [6.07, 6.45) is 0.654. The molecule has 0 aliphatic heterocycles. The van der Waals surface area contributed by atoms with Gasteiger partial charge in [0.05, 0.1) is 30.3 Å². The summed E-state index contributed by atoms with van der Waals surface area (Å²) >= 11 is 5.69. The van der Waals surface area contributed by atoms with Crippen LogP contribution in [0.15, 0.2) is 6.07 Å². The SMILES string of the molecule is Nc1cc(N)c(NCCCOCCO)c(F)c1Cl. The number of hydrogen-bond acceptors (Lipinski definition) is 5. The number of nitrogens with one attached hydrogen (secondary N) is 1. The van der Waals surface area contributed by atoms with Crippen LogP contribution in [-0.2, 0) is 4.74 Å². The van der Waals surface area contributed by atoms with Gasteiger partial charge >= 0.3 is 0 Å². The number of benzene rings is 1. The number of anilines is 3. The summed E-state index contributed by atoms with van der Waals surface area (Å²) in [4.78, 5) is 0. The smallest absolute Gasteiger partial charge is 0.169 e. The molecule has 1 aromatic carbocycles. The molecule has 0 amide bonds. The Morgan fingerprint density at radius 1 is 1.33 bits per heavy atom. The molecule has 0 saturated carbocycles. The Kier molecular flexibility index (Phi) is 5.97. The number of rotatable bonds is 7. The van der Waals surface area contributed by atoms with E-state index < -0.39 is 5.82 Å². The van der Waals surface area contributed by atoms with Gasteiger partial charge in [0.1, 0.15) is 5.02 Å². The highest BCUT2D eigenvalue weighted by Crippen LogP contribution is 2.33. The zero-order valence-electron chi connectivity index (χ0n) is 9.88. The van der Waals surface area contributed by atoms with Crippen LogP contribution in [0.4, 0.5) is 21.5 Å². The van der Waals surface area contributed by atoms with Gasteiger partial charge in [0.15, 0.2) is 5.82 Å². The molecule has 7 heteroatoms. The lowest BCUT2D eigenvalue weighted by atomic mass is 10.2. The molecule has 0 aliphatic rings. The van der Waals surface area contributed by atoms with Gasteiger partial charge in [-0.15, -0.1) is 0 Å². The van der Waals surface area contributed by atoms with E-state index in [2.05, 4.69) is 5.32 Å². The second-order valence-corrected chi connectivity index (χ2v) is 4.05. The highest BCUT2D eigenvalue weighted by Gasteiger charge is 2.13.